The van der Waals surface area contributed by atoms with Crippen LogP contribution in [0.3, 0.4) is 0 Å². The van der Waals surface area contributed by atoms with Crippen molar-refractivity contribution in [3.63, 3.8) is 0 Å². The van der Waals surface area contributed by atoms with Gasteiger partial charge in [-0.15, -0.1) is 0 Å². The highest BCUT2D eigenvalue weighted by molar-refractivity contribution is 6.99. The molecule has 0 heterocycles. The van der Waals surface area contributed by atoms with Crippen molar-refractivity contribution in [2.24, 2.45) is 5.92 Å². The Morgan fingerprint density at radius 3 is 1.43 bits per heavy atom. The molecule has 196 valence electrons. The van der Waals surface area contributed by atoms with Gasteiger partial charge >= 0.3 is 0 Å². The molecular weight excluding hydrogens is 456 g/mol. The molecule has 2 rings (SSSR count). The molecule has 0 N–H and O–H groups in total. The summed E-state index contributed by atoms with van der Waals surface area (Å²) in [6.45, 7) is 16.6. The van der Waals surface area contributed by atoms with E-state index in [1.807, 2.05) is 0 Å². The van der Waals surface area contributed by atoms with Gasteiger partial charge in [-0.25, -0.2) is 0 Å². The number of rotatable bonds is 18. The second kappa shape index (κ2) is 16.3. The molecule has 2 aromatic carbocycles. The van der Waals surface area contributed by atoms with Crippen LogP contribution >= 0.6 is 0 Å². The second-order valence-electron chi connectivity index (χ2n) is 9.94. The molecule has 0 spiro atoms. The molecule has 2 aromatic rings. The molecule has 0 aliphatic rings. The van der Waals surface area contributed by atoms with Crippen LogP contribution < -0.4 is 10.4 Å². The average molecular weight is 503 g/mol. The number of ether oxygens (including phenoxy) is 4. The van der Waals surface area contributed by atoms with Crippen molar-refractivity contribution >= 4 is 18.7 Å². The fourth-order valence-electron chi connectivity index (χ4n) is 4.08. The smallest absolute Gasteiger partial charge is 0.261 e. The molecule has 0 saturated heterocycles. The van der Waals surface area contributed by atoms with Crippen LogP contribution in [0.25, 0.3) is 0 Å². The highest BCUT2D eigenvalue weighted by atomic mass is 28.4. The van der Waals surface area contributed by atoms with Gasteiger partial charge in [0.15, 0.2) is 0 Å². The summed E-state index contributed by atoms with van der Waals surface area (Å²) in [7, 11) is -2.50. The Hall–Kier alpha value is -1.54. The second-order valence-corrected chi connectivity index (χ2v) is 14.2. The first kappa shape index (κ1) is 29.7. The molecule has 0 fully saturated rings. The molecule has 35 heavy (non-hydrogen) atoms. The summed E-state index contributed by atoms with van der Waals surface area (Å²) in [5.74, 6) is 0.604. The largest absolute Gasteiger partial charge is 0.405 e. The van der Waals surface area contributed by atoms with Crippen LogP contribution in [-0.2, 0) is 23.4 Å². The molecule has 0 aliphatic carbocycles. The van der Waals surface area contributed by atoms with E-state index in [0.717, 1.165) is 13.0 Å². The Morgan fingerprint density at radius 1 is 0.629 bits per heavy atom. The lowest BCUT2D eigenvalue weighted by Crippen LogP contribution is -2.66. The van der Waals surface area contributed by atoms with E-state index in [0.29, 0.717) is 58.8 Å². The van der Waals surface area contributed by atoms with Gasteiger partial charge in [-0.2, -0.15) is 0 Å². The van der Waals surface area contributed by atoms with Gasteiger partial charge in [0.25, 0.3) is 8.32 Å². The number of hydrogen-bond acceptors (Lipinski definition) is 5. The van der Waals surface area contributed by atoms with E-state index in [-0.39, 0.29) is 5.04 Å². The lowest BCUT2D eigenvalue weighted by molar-refractivity contribution is -0.00795. The average Bonchev–Trinajstić information content (AvgIpc) is 2.86. The van der Waals surface area contributed by atoms with Crippen LogP contribution in [-0.4, -0.2) is 67.8 Å². The van der Waals surface area contributed by atoms with E-state index in [2.05, 4.69) is 95.3 Å². The van der Waals surface area contributed by atoms with Crippen molar-refractivity contribution in [2.45, 2.75) is 46.1 Å². The fraction of sp³-hybridized carbons (Fsp3) is 0.586. The number of benzene rings is 2. The Kier molecular flexibility index (Phi) is 13.8. The summed E-state index contributed by atoms with van der Waals surface area (Å²) < 4.78 is 29.4. The van der Waals surface area contributed by atoms with Crippen molar-refractivity contribution in [3.05, 3.63) is 60.7 Å². The summed E-state index contributed by atoms with van der Waals surface area (Å²) in [5, 5.41) is 2.54. The molecule has 0 bridgehead atoms. The summed E-state index contributed by atoms with van der Waals surface area (Å²) in [6, 6.07) is 21.4. The predicted molar refractivity (Wildman–Crippen MR) is 146 cm³/mol. The summed E-state index contributed by atoms with van der Waals surface area (Å²) in [4.78, 5) is 0. The summed E-state index contributed by atoms with van der Waals surface area (Å²) in [5.41, 5.74) is 0. The first-order chi connectivity index (χ1) is 16.9. The number of hydrogen-bond donors (Lipinski definition) is 0. The van der Waals surface area contributed by atoms with Gasteiger partial charge in [0.05, 0.1) is 52.9 Å². The zero-order valence-electron chi connectivity index (χ0n) is 22.5. The first-order valence-corrected chi connectivity index (χ1v) is 14.9. The van der Waals surface area contributed by atoms with Crippen molar-refractivity contribution in [2.75, 3.05) is 59.5 Å². The highest BCUT2D eigenvalue weighted by Gasteiger charge is 2.49. The molecular formula is C29H46O5Si. The minimum absolute atomic E-state index is 0.0297. The van der Waals surface area contributed by atoms with E-state index in [1.165, 1.54) is 10.4 Å². The maximum absolute atomic E-state index is 6.82. The Bertz CT molecular complexity index is 739. The topological polar surface area (TPSA) is 46.2 Å². The lowest BCUT2D eigenvalue weighted by atomic mass is 10.1. The van der Waals surface area contributed by atoms with E-state index < -0.39 is 8.32 Å². The highest BCUT2D eigenvalue weighted by Crippen LogP contribution is 2.36. The zero-order chi connectivity index (χ0) is 25.4. The minimum Gasteiger partial charge on any atom is -0.405 e. The van der Waals surface area contributed by atoms with Gasteiger partial charge < -0.3 is 23.4 Å². The lowest BCUT2D eigenvalue weighted by Gasteiger charge is -2.43. The van der Waals surface area contributed by atoms with Crippen molar-refractivity contribution in [3.8, 4) is 0 Å². The van der Waals surface area contributed by atoms with Gasteiger partial charge in [-0.1, -0.05) is 102 Å². The van der Waals surface area contributed by atoms with E-state index in [1.54, 1.807) is 0 Å². The first-order valence-electron chi connectivity index (χ1n) is 13.0. The van der Waals surface area contributed by atoms with E-state index in [9.17, 15) is 0 Å². The summed E-state index contributed by atoms with van der Waals surface area (Å²) in [6.07, 6.45) is 1.14. The monoisotopic (exact) mass is 502 g/mol. The van der Waals surface area contributed by atoms with E-state index >= 15 is 0 Å². The normalized spacial score (nSPS) is 13.2. The van der Waals surface area contributed by atoms with Gasteiger partial charge in [0.2, 0.25) is 0 Å². The van der Waals surface area contributed by atoms with Gasteiger partial charge in [0.1, 0.15) is 0 Å². The van der Waals surface area contributed by atoms with E-state index in [4.69, 9.17) is 23.4 Å². The molecule has 0 saturated carbocycles. The molecule has 5 nitrogen and oxygen atoms in total. The summed E-state index contributed by atoms with van der Waals surface area (Å²) >= 11 is 0. The molecule has 1 atom stereocenters. The molecule has 0 amide bonds. The zero-order valence-corrected chi connectivity index (χ0v) is 23.5. The molecule has 6 heteroatoms. The molecule has 0 aromatic heterocycles. The third-order valence-corrected chi connectivity index (χ3v) is 11.2. The van der Waals surface area contributed by atoms with Crippen molar-refractivity contribution < 1.29 is 23.4 Å². The van der Waals surface area contributed by atoms with Crippen LogP contribution in [0.2, 0.25) is 5.04 Å². The Labute approximate surface area is 214 Å². The SMILES string of the molecule is CCC(C)COCCOCCOCCOCCO[Si](c1ccccc1)(c1ccccc1)C(C)(C)C. The van der Waals surface area contributed by atoms with Crippen LogP contribution in [0, 0.1) is 5.92 Å². The van der Waals surface area contributed by atoms with Gasteiger partial charge in [-0.05, 0) is 21.3 Å². The quantitative estimate of drug-likeness (QED) is 0.219. The minimum atomic E-state index is -2.50. The maximum atomic E-state index is 6.82. The van der Waals surface area contributed by atoms with Crippen molar-refractivity contribution in [1.29, 1.82) is 0 Å². The van der Waals surface area contributed by atoms with Crippen LogP contribution in [0.4, 0.5) is 0 Å². The fourth-order valence-corrected chi connectivity index (χ4v) is 8.62. The van der Waals surface area contributed by atoms with Gasteiger partial charge in [0, 0.05) is 6.61 Å². The molecule has 0 aliphatic heterocycles. The van der Waals surface area contributed by atoms with Crippen LogP contribution in [0.1, 0.15) is 41.0 Å². The van der Waals surface area contributed by atoms with Crippen LogP contribution in [0.15, 0.2) is 60.7 Å². The maximum Gasteiger partial charge on any atom is 0.261 e. The predicted octanol–water partition coefficient (Wildman–Crippen LogP) is 4.68. The Balaban J connectivity index is 1.70. The third-order valence-electron chi connectivity index (χ3n) is 6.18. The molecule has 1 unspecified atom stereocenters. The Morgan fingerprint density at radius 2 is 1.03 bits per heavy atom. The third kappa shape index (κ3) is 9.79. The van der Waals surface area contributed by atoms with Crippen molar-refractivity contribution in [1.82, 2.24) is 0 Å². The van der Waals surface area contributed by atoms with Crippen LogP contribution in [0.5, 0.6) is 0 Å². The molecule has 0 radical (unpaired) electrons. The van der Waals surface area contributed by atoms with Gasteiger partial charge in [-0.3, -0.25) is 0 Å². The standard InChI is InChI=1S/C29H46O5Si/c1-6-26(2)25-33-22-21-31-18-17-30-19-20-32-23-24-34-35(29(3,4)5,27-13-9-7-10-14-27)28-15-11-8-12-16-28/h7-16,26H,6,17-25H2,1-5H3.